The Bertz CT molecular complexity index is 221. The van der Waals surface area contributed by atoms with Crippen LogP contribution >= 0.6 is 0 Å². The largest absolute Gasteiger partial charge is 0.389 e. The molecule has 3 unspecified atom stereocenters. The third kappa shape index (κ3) is 4.21. The number of aliphatic hydroxyl groups excluding tert-OH is 1. The van der Waals surface area contributed by atoms with Gasteiger partial charge in [-0.1, -0.05) is 19.8 Å². The third-order valence-corrected chi connectivity index (χ3v) is 3.82. The van der Waals surface area contributed by atoms with Crippen LogP contribution in [0.3, 0.4) is 0 Å². The zero-order valence-electron chi connectivity index (χ0n) is 10.7. The van der Waals surface area contributed by atoms with Crippen LogP contribution < -0.4 is 5.32 Å². The minimum Gasteiger partial charge on any atom is -0.389 e. The molecule has 0 bridgehead atoms. The van der Waals surface area contributed by atoms with Crippen LogP contribution in [-0.2, 0) is 9.47 Å². The molecule has 2 rings (SSSR count). The molecule has 0 aromatic heterocycles. The second-order valence-electron chi connectivity index (χ2n) is 5.43. The van der Waals surface area contributed by atoms with E-state index in [0.717, 1.165) is 19.6 Å². The smallest absolute Gasteiger partial charge is 0.0897 e. The van der Waals surface area contributed by atoms with Gasteiger partial charge in [0.1, 0.15) is 0 Å². The van der Waals surface area contributed by atoms with Gasteiger partial charge in [-0.15, -0.1) is 0 Å². The van der Waals surface area contributed by atoms with Crippen molar-refractivity contribution in [2.75, 3.05) is 26.4 Å². The standard InChI is InChI=1S/C13H25NO3/c1-10-4-2-3-5-13(10)17-9-12(15)6-14-11-7-16-8-11/h10-15H,2-9H2,1H3. The number of nitrogens with one attached hydrogen (secondary N) is 1. The lowest BCUT2D eigenvalue weighted by atomic mass is 9.88. The molecule has 3 atom stereocenters. The number of hydrogen-bond donors (Lipinski definition) is 2. The fourth-order valence-corrected chi connectivity index (χ4v) is 2.48. The fraction of sp³-hybridized carbons (Fsp3) is 1.00. The van der Waals surface area contributed by atoms with Crippen LogP contribution in [0.4, 0.5) is 0 Å². The van der Waals surface area contributed by atoms with Crippen LogP contribution in [0.25, 0.3) is 0 Å². The maximum atomic E-state index is 9.81. The van der Waals surface area contributed by atoms with E-state index in [9.17, 15) is 5.11 Å². The first kappa shape index (κ1) is 13.3. The molecule has 1 aliphatic carbocycles. The Morgan fingerprint density at radius 1 is 1.35 bits per heavy atom. The van der Waals surface area contributed by atoms with Crippen LogP contribution in [-0.4, -0.2) is 49.7 Å². The Labute approximate surface area is 104 Å². The molecule has 0 amide bonds. The van der Waals surface area contributed by atoms with E-state index < -0.39 is 6.10 Å². The van der Waals surface area contributed by atoms with Crippen molar-refractivity contribution in [2.24, 2.45) is 5.92 Å². The first-order valence-electron chi connectivity index (χ1n) is 6.86. The molecule has 1 heterocycles. The number of hydrogen-bond acceptors (Lipinski definition) is 4. The molecular formula is C13H25NO3. The summed E-state index contributed by atoms with van der Waals surface area (Å²) in [7, 11) is 0. The molecule has 17 heavy (non-hydrogen) atoms. The average molecular weight is 243 g/mol. The Balaban J connectivity index is 1.56. The molecule has 1 aliphatic heterocycles. The van der Waals surface area contributed by atoms with Gasteiger partial charge >= 0.3 is 0 Å². The van der Waals surface area contributed by atoms with Crippen LogP contribution in [0.1, 0.15) is 32.6 Å². The monoisotopic (exact) mass is 243 g/mol. The van der Waals surface area contributed by atoms with Gasteiger partial charge in [-0.3, -0.25) is 0 Å². The lowest BCUT2D eigenvalue weighted by Gasteiger charge is -2.31. The van der Waals surface area contributed by atoms with Gasteiger partial charge in [0, 0.05) is 6.54 Å². The van der Waals surface area contributed by atoms with Crippen molar-refractivity contribution in [1.82, 2.24) is 5.32 Å². The SMILES string of the molecule is CC1CCCCC1OCC(O)CNC1COC1. The van der Waals surface area contributed by atoms with E-state index in [0.29, 0.717) is 31.2 Å². The molecule has 4 heteroatoms. The van der Waals surface area contributed by atoms with Crippen molar-refractivity contribution in [3.8, 4) is 0 Å². The highest BCUT2D eigenvalue weighted by Crippen LogP contribution is 2.26. The summed E-state index contributed by atoms with van der Waals surface area (Å²) in [6.07, 6.45) is 4.96. The molecule has 100 valence electrons. The Morgan fingerprint density at radius 3 is 2.76 bits per heavy atom. The molecule has 0 aromatic carbocycles. The summed E-state index contributed by atoms with van der Waals surface area (Å²) in [6.45, 7) is 4.85. The van der Waals surface area contributed by atoms with Crippen molar-refractivity contribution in [1.29, 1.82) is 0 Å². The molecule has 1 saturated carbocycles. The summed E-state index contributed by atoms with van der Waals surface area (Å²) in [6, 6.07) is 0.429. The van der Waals surface area contributed by atoms with Crippen LogP contribution in [0.15, 0.2) is 0 Å². The Hall–Kier alpha value is -0.160. The predicted molar refractivity (Wildman–Crippen MR) is 66.0 cm³/mol. The number of rotatable bonds is 6. The van der Waals surface area contributed by atoms with E-state index in [-0.39, 0.29) is 0 Å². The minimum absolute atomic E-state index is 0.352. The molecule has 1 saturated heterocycles. The van der Waals surface area contributed by atoms with Crippen LogP contribution in [0, 0.1) is 5.92 Å². The van der Waals surface area contributed by atoms with Gasteiger partial charge in [-0.05, 0) is 18.8 Å². The van der Waals surface area contributed by atoms with E-state index in [4.69, 9.17) is 9.47 Å². The molecule has 0 radical (unpaired) electrons. The zero-order chi connectivity index (χ0) is 12.1. The van der Waals surface area contributed by atoms with Gasteiger partial charge in [0.05, 0.1) is 38.1 Å². The molecule has 0 aromatic rings. The molecule has 2 aliphatic rings. The summed E-state index contributed by atoms with van der Waals surface area (Å²) in [5.74, 6) is 0.643. The summed E-state index contributed by atoms with van der Waals surface area (Å²) >= 11 is 0. The second kappa shape index (κ2) is 6.69. The topological polar surface area (TPSA) is 50.7 Å². The lowest BCUT2D eigenvalue weighted by molar-refractivity contribution is -0.0519. The predicted octanol–water partition coefficient (Wildman–Crippen LogP) is 0.931. The van der Waals surface area contributed by atoms with Gasteiger partial charge in [0.2, 0.25) is 0 Å². The normalized spacial score (nSPS) is 32.1. The minimum atomic E-state index is -0.398. The number of ether oxygens (including phenoxy) is 2. The van der Waals surface area contributed by atoms with Gasteiger partial charge in [-0.25, -0.2) is 0 Å². The van der Waals surface area contributed by atoms with Crippen molar-refractivity contribution in [3.63, 3.8) is 0 Å². The summed E-state index contributed by atoms with van der Waals surface area (Å²) in [5, 5.41) is 13.1. The van der Waals surface area contributed by atoms with Crippen LogP contribution in [0.5, 0.6) is 0 Å². The fourth-order valence-electron chi connectivity index (χ4n) is 2.48. The quantitative estimate of drug-likeness (QED) is 0.729. The Kier molecular flexibility index (Phi) is 5.22. The van der Waals surface area contributed by atoms with Crippen LogP contribution in [0.2, 0.25) is 0 Å². The summed E-state index contributed by atoms with van der Waals surface area (Å²) in [4.78, 5) is 0. The maximum absolute atomic E-state index is 9.81. The van der Waals surface area contributed by atoms with Gasteiger partial charge < -0.3 is 19.9 Å². The molecule has 0 spiro atoms. The molecule has 2 fully saturated rings. The van der Waals surface area contributed by atoms with E-state index in [1.807, 2.05) is 0 Å². The van der Waals surface area contributed by atoms with E-state index in [1.54, 1.807) is 0 Å². The first-order chi connectivity index (χ1) is 8.25. The maximum Gasteiger partial charge on any atom is 0.0897 e. The zero-order valence-corrected chi connectivity index (χ0v) is 10.7. The summed E-state index contributed by atoms with van der Waals surface area (Å²) < 4.78 is 10.9. The molecule has 2 N–H and O–H groups in total. The van der Waals surface area contributed by atoms with Crippen molar-refractivity contribution in [2.45, 2.75) is 50.9 Å². The van der Waals surface area contributed by atoms with Crippen molar-refractivity contribution in [3.05, 3.63) is 0 Å². The Morgan fingerprint density at radius 2 is 2.12 bits per heavy atom. The first-order valence-corrected chi connectivity index (χ1v) is 6.86. The summed E-state index contributed by atoms with van der Waals surface area (Å²) in [5.41, 5.74) is 0. The van der Waals surface area contributed by atoms with E-state index in [1.165, 1.54) is 19.3 Å². The van der Waals surface area contributed by atoms with E-state index >= 15 is 0 Å². The van der Waals surface area contributed by atoms with E-state index in [2.05, 4.69) is 12.2 Å². The lowest BCUT2D eigenvalue weighted by Crippen LogP contribution is -2.49. The highest BCUT2D eigenvalue weighted by molar-refractivity contribution is 4.76. The highest BCUT2D eigenvalue weighted by Gasteiger charge is 2.23. The van der Waals surface area contributed by atoms with Crippen molar-refractivity contribution < 1.29 is 14.6 Å². The molecular weight excluding hydrogens is 218 g/mol. The highest BCUT2D eigenvalue weighted by atomic mass is 16.5. The van der Waals surface area contributed by atoms with Gasteiger partial charge in [-0.2, -0.15) is 0 Å². The number of aliphatic hydroxyl groups is 1. The van der Waals surface area contributed by atoms with Gasteiger partial charge in [0.25, 0.3) is 0 Å². The van der Waals surface area contributed by atoms with Gasteiger partial charge in [0.15, 0.2) is 0 Å². The average Bonchev–Trinajstić information content (AvgIpc) is 2.26. The second-order valence-corrected chi connectivity index (χ2v) is 5.43. The van der Waals surface area contributed by atoms with Crippen molar-refractivity contribution >= 4 is 0 Å². The molecule has 4 nitrogen and oxygen atoms in total. The third-order valence-electron chi connectivity index (χ3n) is 3.82.